The molecule has 0 radical (unpaired) electrons. The topological polar surface area (TPSA) is 32.3 Å². The van der Waals surface area contributed by atoms with Crippen molar-refractivity contribution in [3.05, 3.63) is 35.4 Å². The molecule has 2 aliphatic carbocycles. The number of aryl methyl sites for hydroxylation is 1. The minimum atomic E-state index is -0.655. The predicted octanol–water partition coefficient (Wildman–Crippen LogP) is 2.60. The molecule has 98 valence electrons. The maximum absolute atomic E-state index is 10.9. The average Bonchev–Trinajstić information content (AvgIpc) is 3.21. The number of benzene rings is 1. The van der Waals surface area contributed by atoms with Crippen molar-refractivity contribution in [1.82, 2.24) is 5.32 Å². The SMILES string of the molecule is CC(NCC1(O)CCCc2ccccc21)C1CC1. The van der Waals surface area contributed by atoms with Gasteiger partial charge in [-0.3, -0.25) is 0 Å². The Bertz CT molecular complexity index is 427. The largest absolute Gasteiger partial charge is 0.384 e. The summed E-state index contributed by atoms with van der Waals surface area (Å²) in [6, 6.07) is 8.91. The highest BCUT2D eigenvalue weighted by Gasteiger charge is 2.35. The summed E-state index contributed by atoms with van der Waals surface area (Å²) in [7, 11) is 0. The molecule has 1 fully saturated rings. The average molecular weight is 245 g/mol. The van der Waals surface area contributed by atoms with Gasteiger partial charge in [0.2, 0.25) is 0 Å². The molecule has 1 aromatic rings. The summed E-state index contributed by atoms with van der Waals surface area (Å²) >= 11 is 0. The molecule has 0 aromatic heterocycles. The van der Waals surface area contributed by atoms with Crippen molar-refractivity contribution >= 4 is 0 Å². The summed E-state index contributed by atoms with van der Waals surface area (Å²) in [5.74, 6) is 0.840. The van der Waals surface area contributed by atoms with Gasteiger partial charge in [0.05, 0.1) is 0 Å². The van der Waals surface area contributed by atoms with Crippen molar-refractivity contribution in [1.29, 1.82) is 0 Å². The van der Waals surface area contributed by atoms with Crippen LogP contribution in [0.4, 0.5) is 0 Å². The zero-order valence-electron chi connectivity index (χ0n) is 11.2. The zero-order chi connectivity index (χ0) is 12.6. The van der Waals surface area contributed by atoms with E-state index in [0.717, 1.165) is 30.7 Å². The van der Waals surface area contributed by atoms with Crippen molar-refractivity contribution < 1.29 is 5.11 Å². The van der Waals surface area contributed by atoms with Crippen molar-refractivity contribution in [3.8, 4) is 0 Å². The minimum Gasteiger partial charge on any atom is -0.384 e. The summed E-state index contributed by atoms with van der Waals surface area (Å²) in [4.78, 5) is 0. The standard InChI is InChI=1S/C16H23NO/c1-12(13-8-9-13)17-11-16(18)10-4-6-14-5-2-3-7-15(14)16/h2-3,5,7,12-13,17-18H,4,6,8-11H2,1H3. The van der Waals surface area contributed by atoms with Gasteiger partial charge in [0.15, 0.2) is 0 Å². The second-order valence-corrected chi connectivity index (χ2v) is 6.05. The molecule has 1 saturated carbocycles. The third-order valence-corrected chi connectivity index (χ3v) is 4.60. The molecule has 18 heavy (non-hydrogen) atoms. The van der Waals surface area contributed by atoms with E-state index in [1.54, 1.807) is 0 Å². The number of hydrogen-bond acceptors (Lipinski definition) is 2. The van der Waals surface area contributed by atoms with Crippen LogP contribution >= 0.6 is 0 Å². The van der Waals surface area contributed by atoms with E-state index < -0.39 is 5.60 Å². The lowest BCUT2D eigenvalue weighted by Gasteiger charge is -2.35. The molecule has 3 rings (SSSR count). The lowest BCUT2D eigenvalue weighted by atomic mass is 9.79. The molecule has 1 aromatic carbocycles. The molecule has 0 aliphatic heterocycles. The Balaban J connectivity index is 1.73. The second-order valence-electron chi connectivity index (χ2n) is 6.05. The molecular weight excluding hydrogens is 222 g/mol. The number of hydrogen-bond donors (Lipinski definition) is 2. The smallest absolute Gasteiger partial charge is 0.102 e. The van der Waals surface area contributed by atoms with E-state index >= 15 is 0 Å². The van der Waals surface area contributed by atoms with E-state index in [-0.39, 0.29) is 0 Å². The van der Waals surface area contributed by atoms with Crippen molar-refractivity contribution in [2.45, 2.75) is 50.7 Å². The fraction of sp³-hybridized carbons (Fsp3) is 0.625. The maximum Gasteiger partial charge on any atom is 0.102 e. The molecule has 2 nitrogen and oxygen atoms in total. The summed E-state index contributed by atoms with van der Waals surface area (Å²) in [6.45, 7) is 2.94. The molecule has 2 unspecified atom stereocenters. The van der Waals surface area contributed by atoms with Crippen molar-refractivity contribution in [2.24, 2.45) is 5.92 Å². The Labute approximate surface area is 109 Å². The van der Waals surface area contributed by atoms with E-state index in [1.807, 2.05) is 6.07 Å². The van der Waals surface area contributed by atoms with Crippen LogP contribution in [0.15, 0.2) is 24.3 Å². The van der Waals surface area contributed by atoms with E-state index in [9.17, 15) is 5.11 Å². The first-order chi connectivity index (χ1) is 8.69. The molecule has 0 amide bonds. The normalized spacial score (nSPS) is 28.8. The van der Waals surface area contributed by atoms with Gasteiger partial charge in [0, 0.05) is 12.6 Å². The Morgan fingerprint density at radius 1 is 1.39 bits per heavy atom. The van der Waals surface area contributed by atoms with E-state index in [2.05, 4.69) is 30.4 Å². The highest BCUT2D eigenvalue weighted by molar-refractivity contribution is 5.35. The summed E-state index contributed by atoms with van der Waals surface area (Å²) in [5.41, 5.74) is 1.82. The first kappa shape index (κ1) is 12.2. The van der Waals surface area contributed by atoms with Gasteiger partial charge in [-0.05, 0) is 56.1 Å². The fourth-order valence-electron chi connectivity index (χ4n) is 3.17. The molecule has 0 heterocycles. The summed E-state index contributed by atoms with van der Waals surface area (Å²) in [5, 5.41) is 14.5. The predicted molar refractivity (Wildman–Crippen MR) is 73.5 cm³/mol. The van der Waals surface area contributed by atoms with Crippen LogP contribution < -0.4 is 5.32 Å². The third-order valence-electron chi connectivity index (χ3n) is 4.60. The molecular formula is C16H23NO. The van der Waals surface area contributed by atoms with Gasteiger partial charge in [0.25, 0.3) is 0 Å². The maximum atomic E-state index is 10.9. The molecule has 0 spiro atoms. The van der Waals surface area contributed by atoms with E-state index in [0.29, 0.717) is 12.6 Å². The van der Waals surface area contributed by atoms with Gasteiger partial charge >= 0.3 is 0 Å². The molecule has 0 bridgehead atoms. The monoisotopic (exact) mass is 245 g/mol. The fourth-order valence-corrected chi connectivity index (χ4v) is 3.17. The van der Waals surface area contributed by atoms with Crippen LogP contribution in [0.5, 0.6) is 0 Å². The Kier molecular flexibility index (Phi) is 3.16. The first-order valence-electron chi connectivity index (χ1n) is 7.23. The second kappa shape index (κ2) is 4.67. The minimum absolute atomic E-state index is 0.545. The number of rotatable bonds is 4. The van der Waals surface area contributed by atoms with E-state index in [4.69, 9.17) is 0 Å². The highest BCUT2D eigenvalue weighted by atomic mass is 16.3. The Morgan fingerprint density at radius 2 is 2.17 bits per heavy atom. The van der Waals surface area contributed by atoms with Crippen LogP contribution in [0.1, 0.15) is 43.7 Å². The third kappa shape index (κ3) is 2.32. The molecule has 2 N–H and O–H groups in total. The summed E-state index contributed by atoms with van der Waals surface area (Å²) < 4.78 is 0. The molecule has 2 heteroatoms. The van der Waals surface area contributed by atoms with Gasteiger partial charge in [-0.1, -0.05) is 24.3 Å². The summed E-state index contributed by atoms with van der Waals surface area (Å²) in [6.07, 6.45) is 5.78. The zero-order valence-corrected chi connectivity index (χ0v) is 11.2. The van der Waals surface area contributed by atoms with Gasteiger partial charge in [-0.15, -0.1) is 0 Å². The highest BCUT2D eigenvalue weighted by Crippen LogP contribution is 2.36. The quantitative estimate of drug-likeness (QED) is 0.854. The van der Waals surface area contributed by atoms with Crippen molar-refractivity contribution in [3.63, 3.8) is 0 Å². The number of nitrogens with one attached hydrogen (secondary N) is 1. The van der Waals surface area contributed by atoms with Crippen LogP contribution in [-0.4, -0.2) is 17.7 Å². The van der Waals surface area contributed by atoms with E-state index in [1.165, 1.54) is 18.4 Å². The first-order valence-corrected chi connectivity index (χ1v) is 7.23. The van der Waals surface area contributed by atoms with Crippen LogP contribution in [0.2, 0.25) is 0 Å². The van der Waals surface area contributed by atoms with Crippen molar-refractivity contribution in [2.75, 3.05) is 6.54 Å². The van der Waals surface area contributed by atoms with Crippen LogP contribution in [0.25, 0.3) is 0 Å². The molecule has 2 aliphatic rings. The van der Waals surface area contributed by atoms with Gasteiger partial charge in [-0.2, -0.15) is 0 Å². The van der Waals surface area contributed by atoms with Gasteiger partial charge in [0.1, 0.15) is 5.60 Å². The number of fused-ring (bicyclic) bond motifs is 1. The lowest BCUT2D eigenvalue weighted by Crippen LogP contribution is -2.44. The van der Waals surface area contributed by atoms with Gasteiger partial charge in [-0.25, -0.2) is 0 Å². The Morgan fingerprint density at radius 3 is 2.94 bits per heavy atom. The molecule has 2 atom stereocenters. The Hall–Kier alpha value is -0.860. The molecule has 0 saturated heterocycles. The van der Waals surface area contributed by atoms with Crippen LogP contribution in [-0.2, 0) is 12.0 Å². The van der Waals surface area contributed by atoms with Gasteiger partial charge < -0.3 is 10.4 Å². The lowest BCUT2D eigenvalue weighted by molar-refractivity contribution is 0.0165. The van der Waals surface area contributed by atoms with Crippen LogP contribution in [0, 0.1) is 5.92 Å². The number of aliphatic hydroxyl groups is 1. The van der Waals surface area contributed by atoms with Crippen LogP contribution in [0.3, 0.4) is 0 Å².